The van der Waals surface area contributed by atoms with E-state index in [0.29, 0.717) is 6.54 Å². The molecule has 7 heteroatoms. The molecule has 1 rings (SSSR count). The van der Waals surface area contributed by atoms with Gasteiger partial charge in [-0.2, -0.15) is 0 Å². The first-order chi connectivity index (χ1) is 7.29. The predicted octanol–water partition coefficient (Wildman–Crippen LogP) is 0.390. The smallest absolute Gasteiger partial charge is 0.287 e. The van der Waals surface area contributed by atoms with Crippen molar-refractivity contribution in [1.82, 2.24) is 10.3 Å². The van der Waals surface area contributed by atoms with Gasteiger partial charge >= 0.3 is 0 Å². The van der Waals surface area contributed by atoms with Crippen LogP contribution in [0.2, 0.25) is 0 Å². The third-order valence-corrected chi connectivity index (χ3v) is 1.83. The Bertz CT molecular complexity index is 405. The Kier molecular flexibility index (Phi) is 3.28. The number of hydrogen-bond acceptors (Lipinski definition) is 4. The highest BCUT2D eigenvalue weighted by molar-refractivity contribution is 5.93. The lowest BCUT2D eigenvalue weighted by Crippen LogP contribution is -2.45. The van der Waals surface area contributed by atoms with Crippen molar-refractivity contribution in [2.45, 2.75) is 19.4 Å². The van der Waals surface area contributed by atoms with Gasteiger partial charge in [0.25, 0.3) is 11.6 Å². The highest BCUT2D eigenvalue weighted by Crippen LogP contribution is 2.11. The summed E-state index contributed by atoms with van der Waals surface area (Å²) in [6, 6.07) is 1.18. The molecule has 0 aliphatic heterocycles. The minimum Gasteiger partial charge on any atom is -0.351 e. The second-order valence-corrected chi connectivity index (χ2v) is 4.20. The van der Waals surface area contributed by atoms with Crippen LogP contribution in [0.1, 0.15) is 24.3 Å². The molecule has 1 aromatic heterocycles. The second-order valence-electron chi connectivity index (χ2n) is 4.20. The van der Waals surface area contributed by atoms with E-state index in [1.54, 1.807) is 13.8 Å². The van der Waals surface area contributed by atoms with E-state index in [9.17, 15) is 14.9 Å². The van der Waals surface area contributed by atoms with Gasteiger partial charge in [-0.05, 0) is 13.8 Å². The number of nitrogens with zero attached hydrogens (tertiary/aromatic N) is 1. The van der Waals surface area contributed by atoms with Gasteiger partial charge in [0.15, 0.2) is 0 Å². The van der Waals surface area contributed by atoms with Crippen LogP contribution in [0, 0.1) is 10.1 Å². The van der Waals surface area contributed by atoms with E-state index in [0.717, 1.165) is 0 Å². The molecule has 0 fully saturated rings. The Balaban J connectivity index is 2.63. The van der Waals surface area contributed by atoms with E-state index in [2.05, 4.69) is 10.3 Å². The van der Waals surface area contributed by atoms with E-state index < -0.39 is 16.4 Å². The van der Waals surface area contributed by atoms with Gasteiger partial charge in [0.05, 0.1) is 11.1 Å². The summed E-state index contributed by atoms with van der Waals surface area (Å²) >= 11 is 0. The fourth-order valence-electron chi connectivity index (χ4n) is 1.02. The molecule has 16 heavy (non-hydrogen) atoms. The van der Waals surface area contributed by atoms with Crippen LogP contribution in [-0.2, 0) is 0 Å². The van der Waals surface area contributed by atoms with Crippen molar-refractivity contribution < 1.29 is 9.72 Å². The monoisotopic (exact) mass is 226 g/mol. The molecule has 0 unspecified atom stereocenters. The Labute approximate surface area is 92.2 Å². The number of nitrogens with two attached hydrogens (primary N) is 1. The third kappa shape index (κ3) is 3.35. The molecule has 0 aromatic carbocycles. The van der Waals surface area contributed by atoms with Gasteiger partial charge in [0.2, 0.25) is 0 Å². The maximum atomic E-state index is 11.5. The minimum atomic E-state index is -0.569. The van der Waals surface area contributed by atoms with Gasteiger partial charge in [-0.1, -0.05) is 0 Å². The van der Waals surface area contributed by atoms with Crippen LogP contribution in [0.15, 0.2) is 12.3 Å². The van der Waals surface area contributed by atoms with Crippen molar-refractivity contribution in [2.75, 3.05) is 6.54 Å². The third-order valence-electron chi connectivity index (χ3n) is 1.83. The van der Waals surface area contributed by atoms with E-state index >= 15 is 0 Å². The van der Waals surface area contributed by atoms with Crippen molar-refractivity contribution in [1.29, 1.82) is 0 Å². The number of carbonyl (C=O) groups is 1. The molecule has 0 aliphatic carbocycles. The molecule has 0 radical (unpaired) electrons. The van der Waals surface area contributed by atoms with Gasteiger partial charge in [0.1, 0.15) is 5.69 Å². The first-order valence-corrected chi connectivity index (χ1v) is 4.69. The number of rotatable bonds is 4. The van der Waals surface area contributed by atoms with Crippen molar-refractivity contribution in [2.24, 2.45) is 5.73 Å². The first-order valence-electron chi connectivity index (χ1n) is 4.69. The zero-order valence-corrected chi connectivity index (χ0v) is 9.11. The zero-order chi connectivity index (χ0) is 12.3. The minimum absolute atomic E-state index is 0.142. The Morgan fingerprint density at radius 1 is 1.69 bits per heavy atom. The van der Waals surface area contributed by atoms with E-state index in [-0.39, 0.29) is 11.4 Å². The van der Waals surface area contributed by atoms with Gasteiger partial charge in [-0.3, -0.25) is 14.9 Å². The lowest BCUT2D eigenvalue weighted by Gasteiger charge is -2.18. The molecule has 0 saturated carbocycles. The van der Waals surface area contributed by atoms with Gasteiger partial charge < -0.3 is 16.0 Å². The molecule has 1 amide bonds. The summed E-state index contributed by atoms with van der Waals surface area (Å²) in [5, 5.41) is 13.0. The van der Waals surface area contributed by atoms with Crippen LogP contribution in [0.3, 0.4) is 0 Å². The molecule has 0 spiro atoms. The predicted molar refractivity (Wildman–Crippen MR) is 58.0 cm³/mol. The van der Waals surface area contributed by atoms with Crippen LogP contribution in [0.5, 0.6) is 0 Å². The highest BCUT2D eigenvalue weighted by Gasteiger charge is 2.17. The molecule has 0 aliphatic rings. The lowest BCUT2D eigenvalue weighted by molar-refractivity contribution is -0.384. The normalized spacial score (nSPS) is 11.2. The average Bonchev–Trinajstić information content (AvgIpc) is 2.61. The Morgan fingerprint density at radius 3 is 2.75 bits per heavy atom. The molecule has 7 nitrogen and oxygen atoms in total. The number of aromatic nitrogens is 1. The van der Waals surface area contributed by atoms with E-state index in [1.807, 2.05) is 0 Å². The SMILES string of the molecule is CC(C)(N)CNC(=O)c1cc([N+](=O)[O-])c[nH]1. The van der Waals surface area contributed by atoms with Crippen molar-refractivity contribution >= 4 is 11.6 Å². The number of nitro groups is 1. The number of hydrogen-bond donors (Lipinski definition) is 3. The second kappa shape index (κ2) is 4.31. The zero-order valence-electron chi connectivity index (χ0n) is 9.11. The molecule has 0 bridgehead atoms. The fraction of sp³-hybridized carbons (Fsp3) is 0.444. The van der Waals surface area contributed by atoms with E-state index in [4.69, 9.17) is 5.73 Å². The van der Waals surface area contributed by atoms with Gasteiger partial charge in [-0.15, -0.1) is 0 Å². The molecule has 1 heterocycles. The van der Waals surface area contributed by atoms with Crippen LogP contribution < -0.4 is 11.1 Å². The summed E-state index contributed by atoms with van der Waals surface area (Å²) in [5.41, 5.74) is 5.17. The first kappa shape index (κ1) is 12.2. The average molecular weight is 226 g/mol. The summed E-state index contributed by atoms with van der Waals surface area (Å²) in [7, 11) is 0. The molecule has 4 N–H and O–H groups in total. The molecule has 0 atom stereocenters. The Morgan fingerprint density at radius 2 is 2.31 bits per heavy atom. The van der Waals surface area contributed by atoms with Crippen molar-refractivity contribution in [3.63, 3.8) is 0 Å². The molecular formula is C9H14N4O3. The molecular weight excluding hydrogens is 212 g/mol. The highest BCUT2D eigenvalue weighted by atomic mass is 16.6. The lowest BCUT2D eigenvalue weighted by atomic mass is 10.1. The van der Waals surface area contributed by atoms with Gasteiger partial charge in [0, 0.05) is 18.2 Å². The number of nitrogens with one attached hydrogen (secondary N) is 2. The van der Waals surface area contributed by atoms with Crippen LogP contribution in [-0.4, -0.2) is 27.9 Å². The number of carbonyl (C=O) groups excluding carboxylic acids is 1. The number of aromatic amines is 1. The fourth-order valence-corrected chi connectivity index (χ4v) is 1.02. The maximum Gasteiger partial charge on any atom is 0.287 e. The Hall–Kier alpha value is -1.89. The quantitative estimate of drug-likeness (QED) is 0.508. The number of amides is 1. The van der Waals surface area contributed by atoms with Crippen LogP contribution in [0.4, 0.5) is 5.69 Å². The standard InChI is InChI=1S/C9H14N4O3/c1-9(2,10)5-12-8(14)7-3-6(4-11-7)13(15)16/h3-4,11H,5,10H2,1-2H3,(H,12,14). The number of H-pyrrole nitrogens is 1. The molecule has 1 aromatic rings. The van der Waals surface area contributed by atoms with Crippen LogP contribution in [0.25, 0.3) is 0 Å². The van der Waals surface area contributed by atoms with Crippen molar-refractivity contribution in [3.05, 3.63) is 28.1 Å². The topological polar surface area (TPSA) is 114 Å². The molecule has 88 valence electrons. The summed E-state index contributed by atoms with van der Waals surface area (Å²) < 4.78 is 0. The summed E-state index contributed by atoms with van der Waals surface area (Å²) in [4.78, 5) is 23.9. The van der Waals surface area contributed by atoms with Crippen LogP contribution >= 0.6 is 0 Å². The summed E-state index contributed by atoms with van der Waals surface area (Å²) in [6.07, 6.45) is 1.17. The largest absolute Gasteiger partial charge is 0.351 e. The van der Waals surface area contributed by atoms with Gasteiger partial charge in [-0.25, -0.2) is 0 Å². The summed E-state index contributed by atoms with van der Waals surface area (Å²) in [6.45, 7) is 3.83. The molecule has 0 saturated heterocycles. The van der Waals surface area contributed by atoms with Crippen molar-refractivity contribution in [3.8, 4) is 0 Å². The van der Waals surface area contributed by atoms with E-state index in [1.165, 1.54) is 12.3 Å². The summed E-state index contributed by atoms with van der Waals surface area (Å²) in [5.74, 6) is -0.411. The maximum absolute atomic E-state index is 11.5.